The number of hydrogen-bond donors (Lipinski definition) is 2. The molecule has 0 spiro atoms. The Morgan fingerprint density at radius 2 is 1.79 bits per heavy atom. The van der Waals surface area contributed by atoms with Gasteiger partial charge in [-0.2, -0.15) is 0 Å². The first-order valence-electron chi connectivity index (χ1n) is 8.60. The third-order valence-corrected chi connectivity index (χ3v) is 5.54. The lowest BCUT2D eigenvalue weighted by Crippen LogP contribution is -2.39. The molecule has 0 aliphatic carbocycles. The summed E-state index contributed by atoms with van der Waals surface area (Å²) < 4.78 is 24.7. The number of benzene rings is 2. The van der Waals surface area contributed by atoms with E-state index in [1.807, 2.05) is 6.07 Å². The number of aromatic nitrogens is 1. The van der Waals surface area contributed by atoms with Crippen LogP contribution in [0.5, 0.6) is 0 Å². The molecule has 1 heterocycles. The van der Waals surface area contributed by atoms with Crippen molar-refractivity contribution in [3.05, 3.63) is 71.4 Å². The van der Waals surface area contributed by atoms with Crippen LogP contribution in [0.4, 0.5) is 9.52 Å². The fourth-order valence-electron chi connectivity index (χ4n) is 2.60. The summed E-state index contributed by atoms with van der Waals surface area (Å²) in [5.41, 5.74) is 2.02. The Balaban J connectivity index is 1.66. The van der Waals surface area contributed by atoms with Gasteiger partial charge in [-0.05, 0) is 29.8 Å². The zero-order valence-corrected chi connectivity index (χ0v) is 17.1. The second kappa shape index (κ2) is 9.53. The van der Waals surface area contributed by atoms with E-state index in [1.165, 1.54) is 18.4 Å². The van der Waals surface area contributed by atoms with Crippen molar-refractivity contribution >= 4 is 39.1 Å². The molecule has 0 saturated carbocycles. The number of amides is 2. The molecule has 2 aromatic carbocycles. The summed E-state index contributed by atoms with van der Waals surface area (Å²) in [5.74, 6) is -1.87. The molecule has 0 fully saturated rings. The molecule has 0 unspecified atom stereocenters. The summed E-state index contributed by atoms with van der Waals surface area (Å²) in [5, 5.41) is 7.03. The molecule has 0 radical (unpaired) electrons. The van der Waals surface area contributed by atoms with Gasteiger partial charge in [0.25, 0.3) is 0 Å². The summed E-state index contributed by atoms with van der Waals surface area (Å²) >= 11 is 1.15. The Kier molecular flexibility index (Phi) is 6.84. The van der Waals surface area contributed by atoms with Gasteiger partial charge in [0.2, 0.25) is 0 Å². The molecular formula is C20H18FN3O3S2. The Morgan fingerprint density at radius 3 is 2.45 bits per heavy atom. The molecule has 0 saturated heterocycles. The zero-order valence-electron chi connectivity index (χ0n) is 15.4. The van der Waals surface area contributed by atoms with Crippen molar-refractivity contribution in [2.75, 3.05) is 17.3 Å². The highest BCUT2D eigenvalue weighted by molar-refractivity contribution is 7.84. The number of halogens is 1. The number of hydrogen-bond acceptors (Lipinski definition) is 5. The van der Waals surface area contributed by atoms with Gasteiger partial charge in [-0.15, -0.1) is 11.3 Å². The van der Waals surface area contributed by atoms with E-state index in [0.717, 1.165) is 16.9 Å². The van der Waals surface area contributed by atoms with E-state index < -0.39 is 28.7 Å². The Morgan fingerprint density at radius 1 is 1.10 bits per heavy atom. The second-order valence-electron chi connectivity index (χ2n) is 6.18. The number of carbonyl (C=O) groups excluding carboxylic acids is 2. The van der Waals surface area contributed by atoms with Gasteiger partial charge >= 0.3 is 11.8 Å². The summed E-state index contributed by atoms with van der Waals surface area (Å²) in [7, 11) is -1.17. The van der Waals surface area contributed by atoms with E-state index in [0.29, 0.717) is 11.3 Å². The molecule has 9 heteroatoms. The lowest BCUT2D eigenvalue weighted by molar-refractivity contribution is -0.136. The highest BCUT2D eigenvalue weighted by Crippen LogP contribution is 2.25. The maximum Gasteiger partial charge on any atom is 0.315 e. The Hall–Kier alpha value is -2.91. The fourth-order valence-corrected chi connectivity index (χ4v) is 4.06. The fraction of sp³-hybridized carbons (Fsp3) is 0.150. The van der Waals surface area contributed by atoms with Crippen molar-refractivity contribution in [2.24, 2.45) is 0 Å². The molecule has 0 bridgehead atoms. The van der Waals surface area contributed by atoms with Crippen molar-refractivity contribution in [1.29, 1.82) is 0 Å². The minimum Gasteiger partial charge on any atom is -0.340 e. The molecule has 2 N–H and O–H groups in total. The first-order chi connectivity index (χ1) is 13.9. The number of carbonyl (C=O) groups is 2. The van der Waals surface area contributed by atoms with E-state index in [2.05, 4.69) is 15.6 Å². The molecule has 3 aromatic rings. The van der Waals surface area contributed by atoms with Crippen LogP contribution in [0.25, 0.3) is 11.3 Å². The number of rotatable bonds is 6. The number of anilines is 1. The summed E-state index contributed by atoms with van der Waals surface area (Å²) in [6.45, 7) is 0. The monoisotopic (exact) mass is 431 g/mol. The average molecular weight is 432 g/mol. The predicted molar refractivity (Wildman–Crippen MR) is 112 cm³/mol. The Bertz CT molecular complexity index is 1020. The largest absolute Gasteiger partial charge is 0.340 e. The van der Waals surface area contributed by atoms with E-state index in [1.54, 1.807) is 41.8 Å². The van der Waals surface area contributed by atoms with Crippen molar-refractivity contribution < 1.29 is 18.2 Å². The molecule has 2 atom stereocenters. The highest BCUT2D eigenvalue weighted by Gasteiger charge is 2.22. The molecule has 2 amide bonds. The van der Waals surface area contributed by atoms with Gasteiger partial charge in [-0.3, -0.25) is 19.1 Å². The van der Waals surface area contributed by atoms with Crippen LogP contribution in [0, 0.1) is 5.82 Å². The minimum absolute atomic E-state index is 0.189. The number of nitrogens with one attached hydrogen (secondary N) is 2. The van der Waals surface area contributed by atoms with Crippen molar-refractivity contribution in [3.63, 3.8) is 0 Å². The van der Waals surface area contributed by atoms with E-state index in [9.17, 15) is 18.2 Å². The predicted octanol–water partition coefficient (Wildman–Crippen LogP) is 3.12. The normalized spacial score (nSPS) is 12.8. The Labute approximate surface area is 173 Å². The zero-order chi connectivity index (χ0) is 20.8. The van der Waals surface area contributed by atoms with Crippen LogP contribution in [0.3, 0.4) is 0 Å². The van der Waals surface area contributed by atoms with Gasteiger partial charge in [0.1, 0.15) is 5.82 Å². The van der Waals surface area contributed by atoms with E-state index in [4.69, 9.17) is 0 Å². The third kappa shape index (κ3) is 5.78. The number of thiazole rings is 1. The molecular weight excluding hydrogens is 413 g/mol. The third-order valence-electron chi connectivity index (χ3n) is 3.98. The van der Waals surface area contributed by atoms with Crippen LogP contribution >= 0.6 is 11.3 Å². The van der Waals surface area contributed by atoms with Gasteiger partial charge in [-0.25, -0.2) is 9.37 Å². The summed E-state index contributed by atoms with van der Waals surface area (Å²) in [4.78, 5) is 28.9. The van der Waals surface area contributed by atoms with Crippen molar-refractivity contribution in [3.8, 4) is 11.3 Å². The van der Waals surface area contributed by atoms with Gasteiger partial charge < -0.3 is 5.32 Å². The molecule has 150 valence electrons. The van der Waals surface area contributed by atoms with E-state index >= 15 is 0 Å². The summed E-state index contributed by atoms with van der Waals surface area (Å²) in [6.07, 6.45) is 1.54. The van der Waals surface area contributed by atoms with Crippen molar-refractivity contribution in [1.82, 2.24) is 10.3 Å². The SMILES string of the molecule is C[S@](=O)C[C@@H](NC(=O)C(=O)Nc1nc(-c2ccc(F)cc2)cs1)c1ccccc1. The first kappa shape index (κ1) is 20.8. The van der Waals surface area contributed by atoms with Crippen LogP contribution in [0.15, 0.2) is 60.0 Å². The maximum absolute atomic E-state index is 13.0. The molecule has 29 heavy (non-hydrogen) atoms. The van der Waals surface area contributed by atoms with Gasteiger partial charge in [-0.1, -0.05) is 30.3 Å². The van der Waals surface area contributed by atoms with Crippen LogP contribution in [-0.2, 0) is 20.4 Å². The number of nitrogens with zero attached hydrogens (tertiary/aromatic N) is 1. The van der Waals surface area contributed by atoms with Gasteiger partial charge in [0.05, 0.1) is 11.7 Å². The van der Waals surface area contributed by atoms with Crippen LogP contribution in [-0.4, -0.2) is 33.0 Å². The van der Waals surface area contributed by atoms with Crippen molar-refractivity contribution in [2.45, 2.75) is 6.04 Å². The standard InChI is InChI=1S/C20H18FN3O3S2/c1-29(27)12-17(13-5-3-2-4-6-13)22-18(25)19(26)24-20-23-16(11-28-20)14-7-9-15(21)10-8-14/h2-11,17H,12H2,1H3,(H,22,25)(H,23,24,26)/t17-,29+/m1/s1. The lowest BCUT2D eigenvalue weighted by atomic mass is 10.1. The second-order valence-corrected chi connectivity index (χ2v) is 8.51. The lowest BCUT2D eigenvalue weighted by Gasteiger charge is -2.17. The van der Waals surface area contributed by atoms with Gasteiger partial charge in [0, 0.05) is 33.8 Å². The van der Waals surface area contributed by atoms with Crippen LogP contribution in [0.2, 0.25) is 0 Å². The molecule has 6 nitrogen and oxygen atoms in total. The van der Waals surface area contributed by atoms with E-state index in [-0.39, 0.29) is 16.7 Å². The topological polar surface area (TPSA) is 88.2 Å². The average Bonchev–Trinajstić information content (AvgIpc) is 3.16. The van der Waals surface area contributed by atoms with Crippen LogP contribution in [0.1, 0.15) is 11.6 Å². The molecule has 3 rings (SSSR count). The van der Waals surface area contributed by atoms with Gasteiger partial charge in [0.15, 0.2) is 5.13 Å². The molecule has 0 aliphatic heterocycles. The smallest absolute Gasteiger partial charge is 0.315 e. The highest BCUT2D eigenvalue weighted by atomic mass is 32.2. The van der Waals surface area contributed by atoms with Crippen LogP contribution < -0.4 is 10.6 Å². The summed E-state index contributed by atoms with van der Waals surface area (Å²) in [6, 6.07) is 14.3. The first-order valence-corrected chi connectivity index (χ1v) is 11.2. The quantitative estimate of drug-likeness (QED) is 0.587. The maximum atomic E-state index is 13.0. The molecule has 1 aromatic heterocycles. The molecule has 0 aliphatic rings. The minimum atomic E-state index is -1.17.